The Bertz CT molecular complexity index is 1440. The molecule has 4 aromatic rings. The quantitative estimate of drug-likeness (QED) is 0.392. The average molecular weight is 471 g/mol. The Hall–Kier alpha value is -4.26. The summed E-state index contributed by atoms with van der Waals surface area (Å²) in [5, 5.41) is 9.09. The van der Waals surface area contributed by atoms with Gasteiger partial charge in [0.25, 0.3) is 16.0 Å². The summed E-state index contributed by atoms with van der Waals surface area (Å²) >= 11 is 0. The number of sulfonamides is 1. The highest BCUT2D eigenvalue weighted by atomic mass is 32.2. The number of aromatic nitrogens is 4. The third kappa shape index (κ3) is 4.67. The predicted octanol–water partition coefficient (Wildman–Crippen LogP) is 2.49. The van der Waals surface area contributed by atoms with Gasteiger partial charge in [-0.3, -0.25) is 10.0 Å². The minimum Gasteiger partial charge on any atom is -0.480 e. The Morgan fingerprint density at radius 2 is 1.88 bits per heavy atom. The van der Waals surface area contributed by atoms with Crippen LogP contribution < -0.4 is 20.1 Å². The lowest BCUT2D eigenvalue weighted by Crippen LogP contribution is -2.25. The summed E-state index contributed by atoms with van der Waals surface area (Å²) in [6, 6.07) is 8.95. The first-order chi connectivity index (χ1) is 15.8. The van der Waals surface area contributed by atoms with Gasteiger partial charge in [-0.25, -0.2) is 27.1 Å². The van der Waals surface area contributed by atoms with Crippen LogP contribution in [0.5, 0.6) is 5.88 Å². The molecule has 0 bridgehead atoms. The SMILES string of the molecule is CNC(=O)Nc1nc2ccc(-c3cnc(OC)c(NS(=O)(=O)c4ccc(F)cc4)c3)cn2n1. The van der Waals surface area contributed by atoms with Crippen molar-refractivity contribution in [1.82, 2.24) is 24.9 Å². The molecule has 0 aliphatic carbocycles. The molecule has 0 spiro atoms. The highest BCUT2D eigenvalue weighted by molar-refractivity contribution is 7.92. The lowest BCUT2D eigenvalue weighted by atomic mass is 10.1. The number of pyridine rings is 2. The third-order valence-corrected chi connectivity index (χ3v) is 5.91. The Morgan fingerprint density at radius 3 is 2.58 bits per heavy atom. The van der Waals surface area contributed by atoms with Gasteiger partial charge in [0.2, 0.25) is 5.88 Å². The van der Waals surface area contributed by atoms with Gasteiger partial charge in [-0.2, -0.15) is 4.98 Å². The van der Waals surface area contributed by atoms with Crippen LogP contribution >= 0.6 is 0 Å². The zero-order valence-corrected chi connectivity index (χ0v) is 18.2. The number of amides is 2. The maximum Gasteiger partial charge on any atom is 0.321 e. The Balaban J connectivity index is 1.68. The van der Waals surface area contributed by atoms with Crippen molar-refractivity contribution in [2.75, 3.05) is 24.2 Å². The largest absolute Gasteiger partial charge is 0.480 e. The summed E-state index contributed by atoms with van der Waals surface area (Å²) in [6.07, 6.45) is 3.16. The first kappa shape index (κ1) is 22.0. The highest BCUT2D eigenvalue weighted by Gasteiger charge is 2.18. The second-order valence-electron chi connectivity index (χ2n) is 6.70. The summed E-state index contributed by atoms with van der Waals surface area (Å²) in [4.78, 5) is 19.7. The number of nitrogens with one attached hydrogen (secondary N) is 3. The zero-order chi connectivity index (χ0) is 23.6. The molecule has 33 heavy (non-hydrogen) atoms. The number of urea groups is 1. The molecule has 3 aromatic heterocycles. The molecule has 2 amide bonds. The summed E-state index contributed by atoms with van der Waals surface area (Å²) in [6.45, 7) is 0. The van der Waals surface area contributed by atoms with Gasteiger partial charge in [0.05, 0.1) is 12.0 Å². The lowest BCUT2D eigenvalue weighted by molar-refractivity contribution is 0.254. The van der Waals surface area contributed by atoms with Gasteiger partial charge in [-0.1, -0.05) is 0 Å². The van der Waals surface area contributed by atoms with Crippen molar-refractivity contribution in [3.8, 4) is 17.0 Å². The van der Waals surface area contributed by atoms with Crippen LogP contribution in [-0.2, 0) is 10.0 Å². The third-order valence-electron chi connectivity index (χ3n) is 4.53. The molecule has 0 atom stereocenters. The number of nitrogens with zero attached hydrogens (tertiary/aromatic N) is 4. The normalized spacial score (nSPS) is 11.2. The molecule has 0 unspecified atom stereocenters. The molecule has 0 fully saturated rings. The van der Waals surface area contributed by atoms with E-state index in [0.717, 1.165) is 24.3 Å². The molecule has 170 valence electrons. The number of benzene rings is 1. The Labute approximate surface area is 187 Å². The van der Waals surface area contributed by atoms with Crippen LogP contribution in [0.3, 0.4) is 0 Å². The van der Waals surface area contributed by atoms with E-state index in [-0.39, 0.29) is 22.4 Å². The van der Waals surface area contributed by atoms with Crippen molar-refractivity contribution < 1.29 is 22.3 Å². The van der Waals surface area contributed by atoms with Crippen molar-refractivity contribution in [2.24, 2.45) is 0 Å². The number of rotatable bonds is 6. The molecular weight excluding hydrogens is 453 g/mol. The number of fused-ring (bicyclic) bond motifs is 1. The first-order valence-electron chi connectivity index (χ1n) is 9.47. The molecule has 13 heteroatoms. The van der Waals surface area contributed by atoms with E-state index in [1.165, 1.54) is 24.9 Å². The van der Waals surface area contributed by atoms with E-state index in [1.807, 2.05) is 0 Å². The predicted molar refractivity (Wildman–Crippen MR) is 118 cm³/mol. The minimum absolute atomic E-state index is 0.0586. The Kier molecular flexibility index (Phi) is 5.79. The topological polar surface area (TPSA) is 140 Å². The fourth-order valence-electron chi connectivity index (χ4n) is 2.93. The van der Waals surface area contributed by atoms with E-state index in [2.05, 4.69) is 30.4 Å². The van der Waals surface area contributed by atoms with Crippen molar-refractivity contribution in [3.05, 3.63) is 60.7 Å². The Morgan fingerprint density at radius 1 is 1.12 bits per heavy atom. The number of halogens is 1. The average Bonchev–Trinajstić information content (AvgIpc) is 3.20. The van der Waals surface area contributed by atoms with E-state index in [0.29, 0.717) is 16.8 Å². The van der Waals surface area contributed by atoms with Crippen molar-refractivity contribution in [1.29, 1.82) is 0 Å². The number of anilines is 2. The molecule has 3 N–H and O–H groups in total. The molecule has 1 aromatic carbocycles. The monoisotopic (exact) mass is 471 g/mol. The van der Waals surface area contributed by atoms with Gasteiger partial charge >= 0.3 is 6.03 Å². The summed E-state index contributed by atoms with van der Waals surface area (Å²) in [5.74, 6) is -0.372. The van der Waals surface area contributed by atoms with E-state index in [9.17, 15) is 17.6 Å². The first-order valence-corrected chi connectivity index (χ1v) is 11.0. The number of hydrogen-bond acceptors (Lipinski definition) is 7. The van der Waals surface area contributed by atoms with Crippen LogP contribution in [0.1, 0.15) is 0 Å². The molecule has 4 rings (SSSR count). The van der Waals surface area contributed by atoms with Crippen molar-refractivity contribution in [2.45, 2.75) is 4.90 Å². The fourth-order valence-corrected chi connectivity index (χ4v) is 3.98. The summed E-state index contributed by atoms with van der Waals surface area (Å²) in [7, 11) is -1.18. The van der Waals surface area contributed by atoms with Crippen LogP contribution in [0, 0.1) is 5.82 Å². The lowest BCUT2D eigenvalue weighted by Gasteiger charge is -2.13. The fraction of sp³-hybridized carbons (Fsp3) is 0.100. The summed E-state index contributed by atoms with van der Waals surface area (Å²) < 4.78 is 47.7. The zero-order valence-electron chi connectivity index (χ0n) is 17.4. The molecular formula is C20H18FN7O4S. The van der Waals surface area contributed by atoms with Crippen molar-refractivity contribution in [3.63, 3.8) is 0 Å². The van der Waals surface area contributed by atoms with Gasteiger partial charge in [-0.15, -0.1) is 5.10 Å². The molecule has 0 saturated carbocycles. The standard InChI is InChI=1S/C20H18FN7O4S/c1-22-20(29)25-19-24-17-8-3-12(11-28(17)26-19)13-9-16(18(32-2)23-10-13)27-33(30,31)15-6-4-14(21)5-7-15/h3-11,27H,1-2H3,(H2,22,25,26,29). The van der Waals surface area contributed by atoms with Gasteiger partial charge in [0.1, 0.15) is 11.5 Å². The molecule has 3 heterocycles. The van der Waals surface area contributed by atoms with E-state index in [4.69, 9.17) is 4.74 Å². The van der Waals surface area contributed by atoms with Gasteiger partial charge in [0.15, 0.2) is 5.65 Å². The number of ether oxygens (including phenoxy) is 1. The van der Waals surface area contributed by atoms with Crippen LogP contribution in [0.4, 0.5) is 20.8 Å². The highest BCUT2D eigenvalue weighted by Crippen LogP contribution is 2.30. The van der Waals surface area contributed by atoms with E-state index in [1.54, 1.807) is 24.4 Å². The molecule has 0 saturated heterocycles. The van der Waals surface area contributed by atoms with Crippen molar-refractivity contribution >= 4 is 33.3 Å². The number of methoxy groups -OCH3 is 1. The van der Waals surface area contributed by atoms with E-state index < -0.39 is 21.9 Å². The second-order valence-corrected chi connectivity index (χ2v) is 8.38. The van der Waals surface area contributed by atoms with Crippen LogP contribution in [0.2, 0.25) is 0 Å². The molecule has 0 aliphatic rings. The van der Waals surface area contributed by atoms with E-state index >= 15 is 0 Å². The van der Waals surface area contributed by atoms with Crippen LogP contribution in [0.15, 0.2) is 59.8 Å². The van der Waals surface area contributed by atoms with Crippen LogP contribution in [0.25, 0.3) is 16.8 Å². The second kappa shape index (κ2) is 8.70. The molecule has 11 nitrogen and oxygen atoms in total. The maximum atomic E-state index is 13.2. The maximum absolute atomic E-state index is 13.2. The minimum atomic E-state index is -4.02. The number of hydrogen-bond donors (Lipinski definition) is 3. The number of carbonyl (C=O) groups excluding carboxylic acids is 1. The number of carbonyl (C=O) groups is 1. The molecule has 0 radical (unpaired) electrons. The van der Waals surface area contributed by atoms with Gasteiger partial charge < -0.3 is 10.1 Å². The van der Waals surface area contributed by atoms with Gasteiger partial charge in [0, 0.05) is 30.6 Å². The summed E-state index contributed by atoms with van der Waals surface area (Å²) in [5.41, 5.74) is 1.80. The molecule has 0 aliphatic heterocycles. The smallest absolute Gasteiger partial charge is 0.321 e. The van der Waals surface area contributed by atoms with Crippen LogP contribution in [-0.4, -0.2) is 48.2 Å². The van der Waals surface area contributed by atoms with Gasteiger partial charge in [-0.05, 0) is 42.5 Å².